The van der Waals surface area contributed by atoms with Gasteiger partial charge in [0.05, 0.1) is 18.2 Å². The third kappa shape index (κ3) is 3.33. The van der Waals surface area contributed by atoms with Crippen molar-refractivity contribution < 1.29 is 19.4 Å². The topological polar surface area (TPSA) is 82.6 Å². The minimum absolute atomic E-state index is 0.0525. The monoisotopic (exact) mass is 484 g/mol. The zero-order valence-corrected chi connectivity index (χ0v) is 19.6. The summed E-state index contributed by atoms with van der Waals surface area (Å²) >= 11 is 6.09. The summed E-state index contributed by atoms with van der Waals surface area (Å²) in [5.74, 6) is -0.867. The largest absolute Gasteiger partial charge is 0.507 e. The van der Waals surface area contributed by atoms with Crippen molar-refractivity contribution in [3.05, 3.63) is 99.7 Å². The quantitative estimate of drug-likeness (QED) is 0.222. The van der Waals surface area contributed by atoms with Gasteiger partial charge in [0, 0.05) is 44.9 Å². The molecule has 0 aliphatic carbocycles. The highest BCUT2D eigenvalue weighted by atomic mass is 35.5. The number of para-hydroxylation sites is 1. The number of rotatable bonds is 3. The molecule has 0 saturated carbocycles. The Kier molecular flexibility index (Phi) is 4.93. The van der Waals surface area contributed by atoms with Crippen molar-refractivity contribution >= 4 is 45.6 Å². The normalized spacial score (nSPS) is 18.8. The van der Waals surface area contributed by atoms with Gasteiger partial charge in [0.1, 0.15) is 11.5 Å². The molecule has 6 rings (SSSR count). The smallest absolute Gasteiger partial charge is 0.300 e. The fraction of sp³-hybridized carbons (Fsp3) is 0.143. The number of ether oxygens (including phenoxy) is 1. The number of Topliss-reactive ketones (excluding diaryl/α,β-unsaturated/α-hetero) is 1. The summed E-state index contributed by atoms with van der Waals surface area (Å²) in [6, 6.07) is 19.0. The molecule has 1 aromatic heterocycles. The van der Waals surface area contributed by atoms with E-state index >= 15 is 0 Å². The predicted molar refractivity (Wildman–Crippen MR) is 135 cm³/mol. The van der Waals surface area contributed by atoms with Gasteiger partial charge in [0.2, 0.25) is 0 Å². The zero-order chi connectivity index (χ0) is 24.3. The maximum Gasteiger partial charge on any atom is 0.300 e. The van der Waals surface area contributed by atoms with E-state index in [4.69, 9.17) is 16.3 Å². The summed E-state index contributed by atoms with van der Waals surface area (Å²) < 4.78 is 5.58. The van der Waals surface area contributed by atoms with Gasteiger partial charge in [0.25, 0.3) is 11.7 Å². The van der Waals surface area contributed by atoms with E-state index in [1.165, 1.54) is 4.90 Å². The first-order valence-electron chi connectivity index (χ1n) is 11.3. The molecule has 2 aliphatic rings. The number of aliphatic hydroxyl groups excluding tert-OH is 1. The van der Waals surface area contributed by atoms with E-state index in [2.05, 4.69) is 4.98 Å². The van der Waals surface area contributed by atoms with E-state index in [-0.39, 0.29) is 11.3 Å². The van der Waals surface area contributed by atoms with Crippen LogP contribution in [0.4, 0.5) is 5.69 Å². The van der Waals surface area contributed by atoms with Crippen molar-refractivity contribution in [3.63, 3.8) is 0 Å². The van der Waals surface area contributed by atoms with E-state index in [1.807, 2.05) is 37.3 Å². The van der Waals surface area contributed by atoms with Crippen LogP contribution < -0.4 is 9.64 Å². The average molecular weight is 485 g/mol. The Morgan fingerprint density at radius 3 is 2.66 bits per heavy atom. The number of aliphatic hydroxyl groups is 1. The molecule has 2 N–H and O–H groups in total. The minimum Gasteiger partial charge on any atom is -0.507 e. The minimum atomic E-state index is -0.822. The number of anilines is 1. The number of nitrogens with one attached hydrogen (secondary N) is 1. The molecule has 7 heteroatoms. The molecule has 3 heterocycles. The number of fused-ring (bicyclic) bond motifs is 2. The van der Waals surface area contributed by atoms with E-state index in [1.54, 1.807) is 36.4 Å². The highest BCUT2D eigenvalue weighted by molar-refractivity contribution is 6.52. The highest BCUT2D eigenvalue weighted by Crippen LogP contribution is 2.46. The summed E-state index contributed by atoms with van der Waals surface area (Å²) in [6.45, 7) is 2.49. The van der Waals surface area contributed by atoms with Crippen LogP contribution in [0.2, 0.25) is 5.02 Å². The van der Waals surface area contributed by atoms with Gasteiger partial charge in [0.15, 0.2) is 0 Å². The maximum absolute atomic E-state index is 13.5. The molecule has 35 heavy (non-hydrogen) atoms. The summed E-state index contributed by atoms with van der Waals surface area (Å²) in [7, 11) is 0. The van der Waals surface area contributed by atoms with Crippen LogP contribution in [0.3, 0.4) is 0 Å². The predicted octanol–water partition coefficient (Wildman–Crippen LogP) is 5.69. The number of aryl methyl sites for hydroxylation is 1. The van der Waals surface area contributed by atoms with Gasteiger partial charge in [-0.3, -0.25) is 14.5 Å². The van der Waals surface area contributed by atoms with Crippen molar-refractivity contribution in [1.82, 2.24) is 4.98 Å². The van der Waals surface area contributed by atoms with Crippen LogP contribution in [0.25, 0.3) is 16.7 Å². The summed E-state index contributed by atoms with van der Waals surface area (Å²) in [5, 5.41) is 12.9. The summed E-state index contributed by atoms with van der Waals surface area (Å²) in [6.07, 6.45) is 0.723. The number of benzene rings is 3. The van der Waals surface area contributed by atoms with Crippen LogP contribution in [-0.2, 0) is 16.0 Å². The molecule has 4 aromatic rings. The van der Waals surface area contributed by atoms with Gasteiger partial charge >= 0.3 is 0 Å². The Bertz CT molecular complexity index is 1550. The number of halogens is 1. The van der Waals surface area contributed by atoms with E-state index in [0.717, 1.165) is 39.9 Å². The third-order valence-electron chi connectivity index (χ3n) is 6.73. The number of ketones is 1. The Morgan fingerprint density at radius 2 is 1.86 bits per heavy atom. The number of amides is 1. The maximum atomic E-state index is 13.5. The van der Waals surface area contributed by atoms with Crippen LogP contribution in [-0.4, -0.2) is 28.4 Å². The van der Waals surface area contributed by atoms with Crippen LogP contribution in [0.1, 0.15) is 28.4 Å². The molecule has 1 unspecified atom stereocenters. The lowest BCUT2D eigenvalue weighted by Crippen LogP contribution is -2.29. The van der Waals surface area contributed by atoms with Gasteiger partial charge in [-0.1, -0.05) is 29.8 Å². The lowest BCUT2D eigenvalue weighted by Gasteiger charge is -2.26. The molecule has 1 saturated heterocycles. The molecule has 2 aliphatic heterocycles. The molecular weight excluding hydrogens is 464 g/mol. The molecule has 1 fully saturated rings. The number of aromatic amines is 1. The Labute approximate surface area is 206 Å². The number of hydrogen-bond acceptors (Lipinski definition) is 4. The zero-order valence-electron chi connectivity index (χ0n) is 18.8. The van der Waals surface area contributed by atoms with E-state index in [0.29, 0.717) is 22.9 Å². The fourth-order valence-electron chi connectivity index (χ4n) is 5.11. The first-order valence-corrected chi connectivity index (χ1v) is 11.7. The Balaban J connectivity index is 1.62. The van der Waals surface area contributed by atoms with Crippen LogP contribution in [0.5, 0.6) is 5.75 Å². The average Bonchev–Trinajstić information content (AvgIpc) is 3.53. The second kappa shape index (κ2) is 8.03. The number of aromatic nitrogens is 1. The molecule has 1 atom stereocenters. The van der Waals surface area contributed by atoms with E-state index in [9.17, 15) is 14.7 Å². The number of carbonyl (C=O) groups is 2. The third-order valence-corrected chi connectivity index (χ3v) is 6.98. The lowest BCUT2D eigenvalue weighted by molar-refractivity contribution is -0.132. The number of H-pyrrole nitrogens is 1. The molecule has 6 nitrogen and oxygen atoms in total. The van der Waals surface area contributed by atoms with Crippen molar-refractivity contribution in [2.45, 2.75) is 19.4 Å². The van der Waals surface area contributed by atoms with Crippen LogP contribution >= 0.6 is 11.6 Å². The first kappa shape index (κ1) is 21.5. The van der Waals surface area contributed by atoms with Crippen molar-refractivity contribution in [3.8, 4) is 5.75 Å². The number of nitrogens with zero attached hydrogens (tertiary/aromatic N) is 1. The first-order chi connectivity index (χ1) is 16.9. The number of carbonyl (C=O) groups excluding carboxylic acids is 2. The van der Waals surface area contributed by atoms with Crippen molar-refractivity contribution in [1.29, 1.82) is 0 Å². The Morgan fingerprint density at radius 1 is 1.09 bits per heavy atom. The summed E-state index contributed by atoms with van der Waals surface area (Å²) in [5.41, 5.74) is 4.47. The Hall–Kier alpha value is -4.03. The second-order valence-corrected chi connectivity index (χ2v) is 9.21. The molecule has 0 spiro atoms. The number of hydrogen-bond donors (Lipinski definition) is 2. The molecule has 0 radical (unpaired) electrons. The molecule has 174 valence electrons. The highest BCUT2D eigenvalue weighted by Gasteiger charge is 2.48. The van der Waals surface area contributed by atoms with Gasteiger partial charge in [-0.2, -0.15) is 0 Å². The van der Waals surface area contributed by atoms with Gasteiger partial charge < -0.3 is 14.8 Å². The molecule has 0 bridgehead atoms. The lowest BCUT2D eigenvalue weighted by atomic mass is 9.92. The molecule has 1 amide bonds. The van der Waals surface area contributed by atoms with E-state index < -0.39 is 17.7 Å². The van der Waals surface area contributed by atoms with Gasteiger partial charge in [-0.05, 0) is 61.0 Å². The second-order valence-electron chi connectivity index (χ2n) is 8.78. The standard InChI is InChI=1S/C28H21ClN2O4/c1-15-23(20-4-2-3-5-21(20)30-15)25-24(26(32)17-6-11-22-16(14-17)12-13-35-22)27(33)28(34)31(25)19-9-7-18(29)8-10-19/h2-11,14,25,30,32H,12-13H2,1H3/b26-24+. The van der Waals surface area contributed by atoms with Crippen molar-refractivity contribution in [2.24, 2.45) is 0 Å². The SMILES string of the molecule is Cc1[nH]c2ccccc2c1C1/C(=C(\O)c2ccc3c(c2)CCO3)C(=O)C(=O)N1c1ccc(Cl)cc1. The van der Waals surface area contributed by atoms with Crippen LogP contribution in [0, 0.1) is 6.92 Å². The fourth-order valence-corrected chi connectivity index (χ4v) is 5.24. The summed E-state index contributed by atoms with van der Waals surface area (Å²) in [4.78, 5) is 31.7. The molecular formula is C28H21ClN2O4. The molecule has 3 aromatic carbocycles. The van der Waals surface area contributed by atoms with Crippen LogP contribution in [0.15, 0.2) is 72.3 Å². The van der Waals surface area contributed by atoms with Gasteiger partial charge in [-0.15, -0.1) is 0 Å². The van der Waals surface area contributed by atoms with Crippen molar-refractivity contribution in [2.75, 3.05) is 11.5 Å². The van der Waals surface area contributed by atoms with Gasteiger partial charge in [-0.25, -0.2) is 0 Å².